The molecule has 1 aliphatic heterocycles. The van der Waals surface area contributed by atoms with Crippen LogP contribution in [0.25, 0.3) is 16.3 Å². The maximum Gasteiger partial charge on any atom is 0.247 e. The van der Waals surface area contributed by atoms with Gasteiger partial charge in [-0.3, -0.25) is 4.79 Å². The molecule has 0 saturated carbocycles. The van der Waals surface area contributed by atoms with Crippen LogP contribution in [0.3, 0.4) is 0 Å². The molecule has 110 valence electrons. The van der Waals surface area contributed by atoms with E-state index in [9.17, 15) is 4.79 Å². The Balaban J connectivity index is 1.64. The molecule has 1 aliphatic rings. The molecule has 3 rings (SSSR count). The van der Waals surface area contributed by atoms with Gasteiger partial charge in [-0.1, -0.05) is 12.1 Å². The lowest BCUT2D eigenvalue weighted by atomic mass is 10.3. The molecule has 1 saturated heterocycles. The van der Waals surface area contributed by atoms with Gasteiger partial charge in [-0.2, -0.15) is 0 Å². The molecule has 2 aromatic rings. The van der Waals surface area contributed by atoms with Gasteiger partial charge in [0.15, 0.2) is 0 Å². The summed E-state index contributed by atoms with van der Waals surface area (Å²) in [6.07, 6.45) is 3.50. The third kappa shape index (κ3) is 3.31. The summed E-state index contributed by atoms with van der Waals surface area (Å²) < 4.78 is 1.16. The predicted molar refractivity (Wildman–Crippen MR) is 86.5 cm³/mol. The lowest BCUT2D eigenvalue weighted by Gasteiger charge is -2.30. The molecule has 0 spiro atoms. The van der Waals surface area contributed by atoms with Crippen molar-refractivity contribution in [3.8, 4) is 0 Å². The first-order valence-electron chi connectivity index (χ1n) is 7.42. The van der Waals surface area contributed by atoms with Crippen LogP contribution in [0.15, 0.2) is 30.3 Å². The Morgan fingerprint density at radius 2 is 2.14 bits per heavy atom. The predicted octanol–water partition coefficient (Wildman–Crippen LogP) is 1.06. The van der Waals surface area contributed by atoms with Gasteiger partial charge < -0.3 is 9.80 Å². The molecular formula is C16H20N3OS+. The van der Waals surface area contributed by atoms with Crippen molar-refractivity contribution < 1.29 is 9.69 Å². The zero-order valence-corrected chi connectivity index (χ0v) is 13.0. The van der Waals surface area contributed by atoms with Gasteiger partial charge in [0.05, 0.1) is 42.9 Å². The number of likely N-dealkylation sites (N-methyl/N-ethyl adjacent to an activating group) is 1. The number of quaternary nitrogens is 1. The molecule has 0 atom stereocenters. The summed E-state index contributed by atoms with van der Waals surface area (Å²) in [5.41, 5.74) is 0.995. The van der Waals surface area contributed by atoms with Gasteiger partial charge in [0.25, 0.3) is 0 Å². The summed E-state index contributed by atoms with van der Waals surface area (Å²) in [6.45, 7) is 7.15. The Hall–Kier alpha value is -1.72. The van der Waals surface area contributed by atoms with Crippen LogP contribution in [0.4, 0.5) is 0 Å². The van der Waals surface area contributed by atoms with Crippen molar-refractivity contribution >= 4 is 33.5 Å². The fourth-order valence-electron chi connectivity index (χ4n) is 2.61. The average molecular weight is 302 g/mol. The second kappa shape index (κ2) is 6.37. The lowest BCUT2D eigenvalue weighted by Crippen LogP contribution is -3.14. The van der Waals surface area contributed by atoms with E-state index in [2.05, 4.69) is 18.0 Å². The number of para-hydroxylation sites is 1. The summed E-state index contributed by atoms with van der Waals surface area (Å²) >= 11 is 1.62. The summed E-state index contributed by atoms with van der Waals surface area (Å²) in [5.74, 6) is 0.101. The summed E-state index contributed by atoms with van der Waals surface area (Å²) in [7, 11) is 0. The first-order chi connectivity index (χ1) is 10.3. The maximum absolute atomic E-state index is 12.2. The Morgan fingerprint density at radius 3 is 2.86 bits per heavy atom. The lowest BCUT2D eigenvalue weighted by molar-refractivity contribution is -0.902. The molecule has 0 aliphatic carbocycles. The van der Waals surface area contributed by atoms with Crippen LogP contribution in [0.1, 0.15) is 11.9 Å². The zero-order valence-electron chi connectivity index (χ0n) is 12.2. The van der Waals surface area contributed by atoms with Crippen LogP contribution >= 0.6 is 11.3 Å². The summed E-state index contributed by atoms with van der Waals surface area (Å²) in [6, 6.07) is 8.04. The monoisotopic (exact) mass is 302 g/mol. The molecule has 0 radical (unpaired) electrons. The van der Waals surface area contributed by atoms with Crippen molar-refractivity contribution in [2.75, 3.05) is 32.7 Å². The van der Waals surface area contributed by atoms with Crippen LogP contribution < -0.4 is 4.90 Å². The number of amides is 1. The molecule has 21 heavy (non-hydrogen) atoms. The summed E-state index contributed by atoms with van der Waals surface area (Å²) in [5, 5.41) is 0.891. The number of benzene rings is 1. The highest BCUT2D eigenvalue weighted by molar-refractivity contribution is 7.19. The number of carbonyl (C=O) groups is 1. The molecule has 0 bridgehead atoms. The molecular weight excluding hydrogens is 282 g/mol. The second-order valence-corrected chi connectivity index (χ2v) is 6.34. The number of piperazine rings is 1. The first kappa shape index (κ1) is 14.2. The van der Waals surface area contributed by atoms with Gasteiger partial charge in [-0.15, -0.1) is 11.3 Å². The number of hydrogen-bond donors (Lipinski definition) is 1. The Bertz CT molecular complexity index is 623. The van der Waals surface area contributed by atoms with E-state index in [1.165, 1.54) is 0 Å². The third-order valence-corrected chi connectivity index (χ3v) is 4.96. The molecule has 4 nitrogen and oxygen atoms in total. The number of fused-ring (bicyclic) bond motifs is 1. The van der Waals surface area contributed by atoms with Gasteiger partial charge in [-0.25, -0.2) is 4.98 Å². The molecule has 1 N–H and O–H groups in total. The molecule has 1 fully saturated rings. The van der Waals surface area contributed by atoms with Crippen LogP contribution in [0.5, 0.6) is 0 Å². The molecule has 5 heteroatoms. The number of rotatable bonds is 3. The Labute approximate surface area is 128 Å². The zero-order chi connectivity index (χ0) is 14.7. The smallest absolute Gasteiger partial charge is 0.247 e. The number of hydrogen-bond acceptors (Lipinski definition) is 3. The van der Waals surface area contributed by atoms with E-state index in [0.717, 1.165) is 47.9 Å². The largest absolute Gasteiger partial charge is 0.332 e. The average Bonchev–Trinajstić information content (AvgIpc) is 2.95. The number of nitrogens with one attached hydrogen (secondary N) is 1. The second-order valence-electron chi connectivity index (χ2n) is 5.28. The minimum absolute atomic E-state index is 0.101. The van der Waals surface area contributed by atoms with Gasteiger partial charge >= 0.3 is 0 Å². The van der Waals surface area contributed by atoms with E-state index in [0.29, 0.717) is 0 Å². The molecule has 0 unspecified atom stereocenters. The van der Waals surface area contributed by atoms with E-state index >= 15 is 0 Å². The molecule has 2 heterocycles. The fourth-order valence-corrected chi connectivity index (χ4v) is 3.48. The topological polar surface area (TPSA) is 37.6 Å². The number of nitrogens with zero attached hydrogens (tertiary/aromatic N) is 2. The van der Waals surface area contributed by atoms with Crippen molar-refractivity contribution in [2.24, 2.45) is 0 Å². The van der Waals surface area contributed by atoms with E-state index < -0.39 is 0 Å². The fraction of sp³-hybridized carbons (Fsp3) is 0.375. The van der Waals surface area contributed by atoms with Gasteiger partial charge in [0, 0.05) is 6.08 Å². The van der Waals surface area contributed by atoms with E-state index in [-0.39, 0.29) is 5.91 Å². The minimum atomic E-state index is 0.101. The highest BCUT2D eigenvalue weighted by atomic mass is 32.1. The van der Waals surface area contributed by atoms with Crippen molar-refractivity contribution in [1.82, 2.24) is 9.88 Å². The molecule has 1 amide bonds. The Morgan fingerprint density at radius 1 is 1.38 bits per heavy atom. The number of thiazole rings is 1. The van der Waals surface area contributed by atoms with E-state index in [4.69, 9.17) is 0 Å². The van der Waals surface area contributed by atoms with E-state index in [1.54, 1.807) is 22.3 Å². The van der Waals surface area contributed by atoms with E-state index in [1.807, 2.05) is 29.2 Å². The van der Waals surface area contributed by atoms with Gasteiger partial charge in [0.1, 0.15) is 5.01 Å². The standard InChI is InChI=1S/C16H19N3OS/c1-2-18-9-11-19(12-10-18)16(20)8-7-15-17-13-5-3-4-6-14(13)21-15/h3-8H,2,9-12H2,1H3/p+1/b8-7+. The van der Waals surface area contributed by atoms with Crippen LogP contribution in [-0.2, 0) is 4.79 Å². The van der Waals surface area contributed by atoms with Crippen molar-refractivity contribution in [2.45, 2.75) is 6.92 Å². The third-order valence-electron chi connectivity index (χ3n) is 3.96. The minimum Gasteiger partial charge on any atom is -0.332 e. The SMILES string of the molecule is CC[NH+]1CCN(C(=O)/C=C/c2nc3ccccc3s2)CC1. The number of aromatic nitrogens is 1. The normalized spacial score (nSPS) is 16.9. The van der Waals surface area contributed by atoms with Gasteiger partial charge in [0.2, 0.25) is 5.91 Å². The highest BCUT2D eigenvalue weighted by Gasteiger charge is 2.20. The Kier molecular flexibility index (Phi) is 4.31. The van der Waals surface area contributed by atoms with Crippen molar-refractivity contribution in [3.63, 3.8) is 0 Å². The molecule has 1 aromatic carbocycles. The highest BCUT2D eigenvalue weighted by Crippen LogP contribution is 2.22. The first-order valence-corrected chi connectivity index (χ1v) is 8.24. The number of carbonyl (C=O) groups excluding carboxylic acids is 1. The quantitative estimate of drug-likeness (QED) is 0.861. The van der Waals surface area contributed by atoms with Crippen LogP contribution in [-0.4, -0.2) is 48.5 Å². The summed E-state index contributed by atoms with van der Waals surface area (Å²) in [4.78, 5) is 20.2. The van der Waals surface area contributed by atoms with Crippen molar-refractivity contribution in [1.29, 1.82) is 0 Å². The van der Waals surface area contributed by atoms with Crippen LogP contribution in [0.2, 0.25) is 0 Å². The van der Waals surface area contributed by atoms with Gasteiger partial charge in [-0.05, 0) is 25.1 Å². The van der Waals surface area contributed by atoms with Crippen molar-refractivity contribution in [3.05, 3.63) is 35.3 Å². The maximum atomic E-state index is 12.2. The van der Waals surface area contributed by atoms with Crippen LogP contribution in [0, 0.1) is 0 Å². The molecule has 1 aromatic heterocycles.